The molecule has 0 spiro atoms. The van der Waals surface area contributed by atoms with Crippen molar-refractivity contribution in [2.75, 3.05) is 6.61 Å². The first-order chi connectivity index (χ1) is 8.17. The quantitative estimate of drug-likeness (QED) is 0.395. The molecule has 1 heterocycles. The van der Waals surface area contributed by atoms with E-state index in [2.05, 4.69) is 17.3 Å². The third-order valence-corrected chi connectivity index (χ3v) is 3.49. The number of pyridine rings is 1. The summed E-state index contributed by atoms with van der Waals surface area (Å²) in [6.45, 7) is 2.24. The van der Waals surface area contributed by atoms with E-state index in [-0.39, 0.29) is 12.5 Å². The maximum atomic E-state index is 11.3. The molecule has 94 valence electrons. The van der Waals surface area contributed by atoms with Gasteiger partial charge in [0.05, 0.1) is 5.69 Å². The number of aliphatic hydroxyl groups excluding tert-OH is 1. The van der Waals surface area contributed by atoms with Crippen LogP contribution in [-0.2, 0) is 5.75 Å². The molecule has 0 fully saturated rings. The predicted molar refractivity (Wildman–Crippen MR) is 68.4 cm³/mol. The highest BCUT2D eigenvalue weighted by molar-refractivity contribution is 7.99. The van der Waals surface area contributed by atoms with E-state index in [1.807, 2.05) is 6.07 Å². The summed E-state index contributed by atoms with van der Waals surface area (Å²) in [4.78, 5) is 15.5. The first kappa shape index (κ1) is 14.0. The molecule has 0 saturated heterocycles. The van der Waals surface area contributed by atoms with Crippen LogP contribution in [0.5, 0.6) is 0 Å². The summed E-state index contributed by atoms with van der Waals surface area (Å²) in [7, 11) is 0. The number of hydrazine groups is 1. The minimum atomic E-state index is -0.389. The number of nitrogens with two attached hydrogens (primary N) is 1. The SMILES string of the molecule is CC(CCO)SCc1cccc(C(=O)NN)n1. The summed E-state index contributed by atoms with van der Waals surface area (Å²) in [5.74, 6) is 5.37. The molecule has 5 nitrogen and oxygen atoms in total. The van der Waals surface area contributed by atoms with Crippen molar-refractivity contribution in [3.8, 4) is 0 Å². The maximum absolute atomic E-state index is 11.3. The lowest BCUT2D eigenvalue weighted by molar-refractivity contribution is 0.0948. The van der Waals surface area contributed by atoms with E-state index in [0.29, 0.717) is 16.7 Å². The lowest BCUT2D eigenvalue weighted by Crippen LogP contribution is -2.30. The molecule has 0 radical (unpaired) electrons. The Bertz CT molecular complexity index is 373. The fraction of sp³-hybridized carbons (Fsp3) is 0.455. The number of nitrogens with zero attached hydrogens (tertiary/aromatic N) is 1. The molecule has 0 aliphatic carbocycles. The summed E-state index contributed by atoms with van der Waals surface area (Å²) in [6.07, 6.45) is 0.758. The zero-order chi connectivity index (χ0) is 12.7. The number of aliphatic hydroxyl groups is 1. The van der Waals surface area contributed by atoms with Crippen LogP contribution in [-0.4, -0.2) is 27.9 Å². The van der Waals surface area contributed by atoms with Gasteiger partial charge >= 0.3 is 0 Å². The summed E-state index contributed by atoms with van der Waals surface area (Å²) in [5, 5.41) is 9.16. The van der Waals surface area contributed by atoms with E-state index in [4.69, 9.17) is 10.9 Å². The Morgan fingerprint density at radius 3 is 3.06 bits per heavy atom. The molecular weight excluding hydrogens is 238 g/mol. The molecule has 1 aromatic heterocycles. The van der Waals surface area contributed by atoms with E-state index >= 15 is 0 Å². The number of thioether (sulfide) groups is 1. The van der Waals surface area contributed by atoms with Crippen LogP contribution in [0.3, 0.4) is 0 Å². The number of carbonyl (C=O) groups excluding carboxylic acids is 1. The van der Waals surface area contributed by atoms with Gasteiger partial charge in [-0.3, -0.25) is 10.2 Å². The molecule has 1 atom stereocenters. The van der Waals surface area contributed by atoms with Gasteiger partial charge in [0.25, 0.3) is 5.91 Å². The Balaban J connectivity index is 2.57. The second-order valence-corrected chi connectivity index (χ2v) is 5.05. The topological polar surface area (TPSA) is 88.2 Å². The molecule has 6 heteroatoms. The second-order valence-electron chi connectivity index (χ2n) is 3.62. The van der Waals surface area contributed by atoms with E-state index in [9.17, 15) is 4.79 Å². The first-order valence-electron chi connectivity index (χ1n) is 5.36. The highest BCUT2D eigenvalue weighted by Gasteiger charge is 2.07. The standard InChI is InChI=1S/C11H17N3O2S/c1-8(5-6-15)17-7-9-3-2-4-10(13-9)11(16)14-12/h2-4,8,15H,5-7,12H2,1H3,(H,14,16). The van der Waals surface area contributed by atoms with Gasteiger partial charge in [0.15, 0.2) is 0 Å². The van der Waals surface area contributed by atoms with Crippen molar-refractivity contribution in [1.82, 2.24) is 10.4 Å². The number of rotatable bonds is 6. The number of hydrogen-bond acceptors (Lipinski definition) is 5. The van der Waals surface area contributed by atoms with Crippen molar-refractivity contribution >= 4 is 17.7 Å². The number of nitrogen functional groups attached to an aromatic ring is 1. The molecule has 1 aromatic rings. The summed E-state index contributed by atoms with van der Waals surface area (Å²) >= 11 is 1.70. The molecule has 4 N–H and O–H groups in total. The summed E-state index contributed by atoms with van der Waals surface area (Å²) < 4.78 is 0. The van der Waals surface area contributed by atoms with Crippen LogP contribution in [0, 0.1) is 0 Å². The van der Waals surface area contributed by atoms with Gasteiger partial charge < -0.3 is 5.11 Å². The monoisotopic (exact) mass is 255 g/mol. The summed E-state index contributed by atoms with van der Waals surface area (Å²) in [5.41, 5.74) is 3.21. The molecule has 17 heavy (non-hydrogen) atoms. The fourth-order valence-electron chi connectivity index (χ4n) is 1.25. The number of nitrogens with one attached hydrogen (secondary N) is 1. The van der Waals surface area contributed by atoms with Crippen molar-refractivity contribution in [1.29, 1.82) is 0 Å². The van der Waals surface area contributed by atoms with Crippen LogP contribution in [0.15, 0.2) is 18.2 Å². The van der Waals surface area contributed by atoms with Crippen molar-refractivity contribution in [3.05, 3.63) is 29.6 Å². The van der Waals surface area contributed by atoms with Crippen molar-refractivity contribution in [2.24, 2.45) is 5.84 Å². The average Bonchev–Trinajstić information content (AvgIpc) is 2.36. The van der Waals surface area contributed by atoms with Gasteiger partial charge in [0.1, 0.15) is 5.69 Å². The zero-order valence-electron chi connectivity index (χ0n) is 9.72. The minimum absolute atomic E-state index is 0.192. The molecule has 0 saturated carbocycles. The average molecular weight is 255 g/mol. The van der Waals surface area contributed by atoms with Gasteiger partial charge in [-0.1, -0.05) is 13.0 Å². The molecule has 0 bridgehead atoms. The lowest BCUT2D eigenvalue weighted by atomic mass is 10.3. The van der Waals surface area contributed by atoms with Gasteiger partial charge in [-0.15, -0.1) is 0 Å². The number of hydrogen-bond donors (Lipinski definition) is 3. The first-order valence-corrected chi connectivity index (χ1v) is 6.41. The molecule has 1 rings (SSSR count). The third kappa shape index (κ3) is 4.72. The fourth-order valence-corrected chi connectivity index (χ4v) is 2.14. The van der Waals surface area contributed by atoms with Crippen LogP contribution in [0.1, 0.15) is 29.5 Å². The van der Waals surface area contributed by atoms with Crippen molar-refractivity contribution in [3.63, 3.8) is 0 Å². The van der Waals surface area contributed by atoms with Gasteiger partial charge in [-0.2, -0.15) is 11.8 Å². The normalized spacial score (nSPS) is 12.2. The molecule has 1 unspecified atom stereocenters. The smallest absolute Gasteiger partial charge is 0.283 e. The van der Waals surface area contributed by atoms with Crippen molar-refractivity contribution in [2.45, 2.75) is 24.3 Å². The van der Waals surface area contributed by atoms with E-state index < -0.39 is 0 Å². The van der Waals surface area contributed by atoms with Gasteiger partial charge in [-0.05, 0) is 18.6 Å². The number of carbonyl (C=O) groups is 1. The van der Waals surface area contributed by atoms with E-state index in [1.54, 1.807) is 23.9 Å². The Morgan fingerprint density at radius 1 is 1.65 bits per heavy atom. The third-order valence-electron chi connectivity index (χ3n) is 2.22. The molecule has 0 aliphatic rings. The van der Waals surface area contributed by atoms with Crippen LogP contribution in [0.2, 0.25) is 0 Å². The Morgan fingerprint density at radius 2 is 2.41 bits per heavy atom. The number of aromatic nitrogens is 1. The van der Waals surface area contributed by atoms with Crippen LogP contribution in [0.25, 0.3) is 0 Å². The van der Waals surface area contributed by atoms with Crippen LogP contribution >= 0.6 is 11.8 Å². The highest BCUT2D eigenvalue weighted by Crippen LogP contribution is 2.18. The van der Waals surface area contributed by atoms with Crippen molar-refractivity contribution < 1.29 is 9.90 Å². The predicted octanol–water partition coefficient (Wildman–Crippen LogP) is 0.689. The molecule has 1 amide bonds. The minimum Gasteiger partial charge on any atom is -0.396 e. The van der Waals surface area contributed by atoms with E-state index in [0.717, 1.165) is 12.1 Å². The Hall–Kier alpha value is -1.11. The highest BCUT2D eigenvalue weighted by atomic mass is 32.2. The second kappa shape index (κ2) is 7.26. The Kier molecular flexibility index (Phi) is 5.96. The summed E-state index contributed by atoms with van der Waals surface area (Å²) in [6, 6.07) is 5.27. The van der Waals surface area contributed by atoms with Gasteiger partial charge in [0, 0.05) is 17.6 Å². The Labute approximate surface area is 105 Å². The maximum Gasteiger partial charge on any atom is 0.283 e. The molecule has 0 aliphatic heterocycles. The van der Waals surface area contributed by atoms with Gasteiger partial charge in [-0.25, -0.2) is 10.8 Å². The largest absolute Gasteiger partial charge is 0.396 e. The lowest BCUT2D eigenvalue weighted by Gasteiger charge is -2.09. The number of amides is 1. The van der Waals surface area contributed by atoms with Crippen LogP contribution < -0.4 is 11.3 Å². The molecular formula is C11H17N3O2S. The van der Waals surface area contributed by atoms with Crippen LogP contribution in [0.4, 0.5) is 0 Å². The zero-order valence-corrected chi connectivity index (χ0v) is 10.5. The molecule has 0 aromatic carbocycles. The van der Waals surface area contributed by atoms with Gasteiger partial charge in [0.2, 0.25) is 0 Å². The van der Waals surface area contributed by atoms with E-state index in [1.165, 1.54) is 0 Å².